The molecule has 0 atom stereocenters. The molecule has 4 rings (SSSR count). The second kappa shape index (κ2) is 16.5. The number of amides is 3. The van der Waals surface area contributed by atoms with Crippen molar-refractivity contribution in [1.82, 2.24) is 20.0 Å². The van der Waals surface area contributed by atoms with Crippen LogP contribution in [0.4, 0.5) is 5.69 Å². The van der Waals surface area contributed by atoms with Crippen LogP contribution in [0.5, 0.6) is 5.75 Å². The number of imidazole rings is 1. The summed E-state index contributed by atoms with van der Waals surface area (Å²) in [4.78, 5) is 43.2. The number of ether oxygens (including phenoxy) is 2. The quantitative estimate of drug-likeness (QED) is 0.144. The van der Waals surface area contributed by atoms with Gasteiger partial charge in [0, 0.05) is 49.1 Å². The van der Waals surface area contributed by atoms with Gasteiger partial charge in [-0.05, 0) is 55.0 Å². The van der Waals surface area contributed by atoms with E-state index < -0.39 is 11.8 Å². The number of hydrogen-bond acceptors (Lipinski definition) is 6. The highest BCUT2D eigenvalue weighted by atomic mass is 35.5. The van der Waals surface area contributed by atoms with E-state index in [2.05, 4.69) is 15.6 Å². The van der Waals surface area contributed by atoms with Crippen LogP contribution in [0, 0.1) is 6.92 Å². The monoisotopic (exact) mass is 693 g/mol. The average Bonchev–Trinajstić information content (AvgIpc) is 3.32. The molecule has 0 aliphatic carbocycles. The van der Waals surface area contributed by atoms with Crippen LogP contribution in [-0.4, -0.2) is 61.0 Å². The van der Waals surface area contributed by atoms with E-state index in [9.17, 15) is 14.4 Å². The summed E-state index contributed by atoms with van der Waals surface area (Å²) in [6, 6.07) is 13.5. The highest BCUT2D eigenvalue weighted by Gasteiger charge is 2.20. The van der Waals surface area contributed by atoms with Crippen LogP contribution in [0.3, 0.4) is 0 Å². The Bertz CT molecular complexity index is 1710. The SMILES string of the molecule is COCCNC(=O)c1ccc(/C=C/C(=O)NCC(=O)N(C)c2ccc(Cl)c(COc3cccn4c(Cl)c(C)nc34)c2Cl)cc1.Cl. The highest BCUT2D eigenvalue weighted by molar-refractivity contribution is 6.38. The molecule has 0 aliphatic heterocycles. The van der Waals surface area contributed by atoms with Gasteiger partial charge in [-0.1, -0.05) is 46.9 Å². The molecule has 0 spiro atoms. The van der Waals surface area contributed by atoms with Crippen LogP contribution in [-0.2, 0) is 20.9 Å². The standard InChI is InChI=1S/C31H30Cl3N5O5.ClH/c1-19-29(34)39-15-4-5-25(30(39)37-19)44-18-22-23(32)11-12-24(28(22)33)38(2)27(41)17-36-26(40)13-8-20-6-9-21(10-7-20)31(42)35-14-16-43-3;/h4-13,15H,14,16-18H2,1-3H3,(H,35,42)(H,36,40);1H/b13-8+;. The Kier molecular flexibility index (Phi) is 13.1. The van der Waals surface area contributed by atoms with E-state index in [1.807, 2.05) is 0 Å². The summed E-state index contributed by atoms with van der Waals surface area (Å²) in [5.41, 5.74) is 3.29. The number of nitrogens with zero attached hydrogens (tertiary/aromatic N) is 3. The average molecular weight is 695 g/mol. The lowest BCUT2D eigenvalue weighted by Crippen LogP contribution is -2.37. The molecular weight excluding hydrogens is 664 g/mol. The maximum atomic E-state index is 12.9. The van der Waals surface area contributed by atoms with Gasteiger partial charge in [-0.2, -0.15) is 0 Å². The van der Waals surface area contributed by atoms with E-state index in [0.29, 0.717) is 62.8 Å². The number of aryl methyl sites for hydroxylation is 1. The first-order chi connectivity index (χ1) is 21.1. The topological polar surface area (TPSA) is 114 Å². The largest absolute Gasteiger partial charge is 0.485 e. The van der Waals surface area contributed by atoms with E-state index in [-0.39, 0.29) is 36.5 Å². The van der Waals surface area contributed by atoms with Gasteiger partial charge >= 0.3 is 0 Å². The molecule has 2 N–H and O–H groups in total. The number of carbonyl (C=O) groups excluding carboxylic acids is 3. The Balaban J connectivity index is 0.00000552. The fraction of sp³-hybridized carbons (Fsp3) is 0.226. The van der Waals surface area contributed by atoms with Crippen molar-refractivity contribution in [3.8, 4) is 5.75 Å². The number of likely N-dealkylation sites (N-methyl/N-ethyl adjacent to an activating group) is 1. The van der Waals surface area contributed by atoms with Crippen molar-refractivity contribution in [1.29, 1.82) is 0 Å². The summed E-state index contributed by atoms with van der Waals surface area (Å²) in [5, 5.41) is 6.39. The normalized spacial score (nSPS) is 10.9. The smallest absolute Gasteiger partial charge is 0.251 e. The van der Waals surface area contributed by atoms with E-state index in [1.54, 1.807) is 86.3 Å². The third-order valence-electron chi connectivity index (χ3n) is 6.59. The predicted octanol–water partition coefficient (Wildman–Crippen LogP) is 5.77. The second-order valence-corrected chi connectivity index (χ2v) is 10.7. The lowest BCUT2D eigenvalue weighted by Gasteiger charge is -2.21. The van der Waals surface area contributed by atoms with Crippen molar-refractivity contribution in [2.75, 3.05) is 38.8 Å². The minimum Gasteiger partial charge on any atom is -0.485 e. The number of hydrogen-bond donors (Lipinski definition) is 2. The molecule has 4 aromatic rings. The first kappa shape index (κ1) is 35.7. The number of rotatable bonds is 12. The van der Waals surface area contributed by atoms with Gasteiger partial charge in [0.25, 0.3) is 5.91 Å². The van der Waals surface area contributed by atoms with Crippen LogP contribution in [0.1, 0.15) is 27.2 Å². The van der Waals surface area contributed by atoms with E-state index in [1.165, 1.54) is 11.0 Å². The molecular formula is C31H31Cl4N5O5. The van der Waals surface area contributed by atoms with Gasteiger partial charge in [0.2, 0.25) is 11.8 Å². The highest BCUT2D eigenvalue weighted by Crippen LogP contribution is 2.35. The van der Waals surface area contributed by atoms with Gasteiger partial charge in [0.15, 0.2) is 11.4 Å². The third-order valence-corrected chi connectivity index (χ3v) is 7.83. The minimum atomic E-state index is -0.465. The van der Waals surface area contributed by atoms with E-state index in [0.717, 1.165) is 0 Å². The summed E-state index contributed by atoms with van der Waals surface area (Å²) >= 11 is 19.4. The Labute approximate surface area is 281 Å². The van der Waals surface area contributed by atoms with Crippen molar-refractivity contribution in [2.45, 2.75) is 13.5 Å². The zero-order chi connectivity index (χ0) is 31.8. The number of aromatic nitrogens is 2. The first-order valence-corrected chi connectivity index (χ1v) is 14.6. The Morgan fingerprint density at radius 2 is 1.78 bits per heavy atom. The van der Waals surface area contributed by atoms with Gasteiger partial charge in [-0.25, -0.2) is 4.98 Å². The molecule has 3 amide bonds. The lowest BCUT2D eigenvalue weighted by molar-refractivity contribution is -0.122. The molecule has 2 aromatic carbocycles. The van der Waals surface area contributed by atoms with Gasteiger partial charge in [-0.15, -0.1) is 12.4 Å². The first-order valence-electron chi connectivity index (χ1n) is 13.4. The van der Waals surface area contributed by atoms with Gasteiger partial charge in [-0.3, -0.25) is 18.8 Å². The zero-order valence-corrected chi connectivity index (χ0v) is 27.7. The van der Waals surface area contributed by atoms with Crippen molar-refractivity contribution in [2.24, 2.45) is 0 Å². The number of benzene rings is 2. The Morgan fingerprint density at radius 1 is 1.04 bits per heavy atom. The summed E-state index contributed by atoms with van der Waals surface area (Å²) in [6.07, 6.45) is 4.67. The molecule has 238 valence electrons. The zero-order valence-electron chi connectivity index (χ0n) is 24.6. The third kappa shape index (κ3) is 8.90. The maximum Gasteiger partial charge on any atom is 0.251 e. The van der Waals surface area contributed by atoms with Crippen LogP contribution in [0.15, 0.2) is 60.8 Å². The van der Waals surface area contributed by atoms with E-state index in [4.69, 9.17) is 44.3 Å². The van der Waals surface area contributed by atoms with Crippen molar-refractivity contribution in [3.63, 3.8) is 0 Å². The fourth-order valence-electron chi connectivity index (χ4n) is 4.13. The van der Waals surface area contributed by atoms with Gasteiger partial charge in [0.05, 0.1) is 29.6 Å². The van der Waals surface area contributed by atoms with Crippen LogP contribution in [0.2, 0.25) is 15.2 Å². The maximum absolute atomic E-state index is 12.9. The molecule has 0 radical (unpaired) electrons. The molecule has 0 aliphatic rings. The number of methoxy groups -OCH3 is 1. The van der Waals surface area contributed by atoms with Crippen molar-refractivity contribution < 1.29 is 23.9 Å². The number of halogens is 4. The Morgan fingerprint density at radius 3 is 2.49 bits per heavy atom. The molecule has 0 saturated carbocycles. The molecule has 14 heteroatoms. The van der Waals surface area contributed by atoms with E-state index >= 15 is 0 Å². The number of fused-ring (bicyclic) bond motifs is 1. The molecule has 2 aromatic heterocycles. The summed E-state index contributed by atoms with van der Waals surface area (Å²) in [5.74, 6) is -0.600. The number of pyridine rings is 1. The second-order valence-electron chi connectivity index (χ2n) is 9.58. The minimum absolute atomic E-state index is 0. The number of nitrogens with one attached hydrogen (secondary N) is 2. The van der Waals surface area contributed by atoms with Crippen LogP contribution >= 0.6 is 47.2 Å². The molecule has 2 heterocycles. The van der Waals surface area contributed by atoms with Crippen LogP contribution < -0.4 is 20.3 Å². The van der Waals surface area contributed by atoms with Gasteiger partial charge < -0.3 is 25.0 Å². The number of anilines is 1. The molecule has 45 heavy (non-hydrogen) atoms. The molecule has 0 unspecified atom stereocenters. The summed E-state index contributed by atoms with van der Waals surface area (Å²) < 4.78 is 12.6. The lowest BCUT2D eigenvalue weighted by atomic mass is 10.1. The predicted molar refractivity (Wildman–Crippen MR) is 179 cm³/mol. The number of carbonyl (C=O) groups is 3. The van der Waals surface area contributed by atoms with Crippen molar-refractivity contribution in [3.05, 3.63) is 98.4 Å². The Hall–Kier alpha value is -3.80. The molecule has 10 nitrogen and oxygen atoms in total. The summed E-state index contributed by atoms with van der Waals surface area (Å²) in [7, 11) is 3.11. The molecule has 0 saturated heterocycles. The molecule has 0 fully saturated rings. The van der Waals surface area contributed by atoms with Crippen LogP contribution in [0.25, 0.3) is 11.7 Å². The van der Waals surface area contributed by atoms with Crippen molar-refractivity contribution >= 4 is 82.3 Å². The summed E-state index contributed by atoms with van der Waals surface area (Å²) in [6.45, 7) is 2.37. The fourth-order valence-corrected chi connectivity index (χ4v) is 4.91. The van der Waals surface area contributed by atoms with Gasteiger partial charge in [0.1, 0.15) is 11.8 Å². The molecule has 0 bridgehead atoms.